The lowest BCUT2D eigenvalue weighted by Gasteiger charge is -2.10. The molecule has 6 heteroatoms. The molecule has 92 valence electrons. The van der Waals surface area contributed by atoms with Crippen LogP contribution in [0.3, 0.4) is 0 Å². The average Bonchev–Trinajstić information content (AvgIpc) is 2.26. The number of rotatable bonds is 2. The molecule has 0 spiro atoms. The number of carbonyl (C=O) groups excluding carboxylic acids is 2. The molecule has 0 bridgehead atoms. The van der Waals surface area contributed by atoms with Crippen LogP contribution in [0.5, 0.6) is 5.75 Å². The standard InChI is InChI=1S/C11H13NO4S/c1-12(2)11(15)17-9-5-7(10(14)16-3)4-8(13)6-9/h4-6,13H,1-3H3. The van der Waals surface area contributed by atoms with Gasteiger partial charge in [-0.15, -0.1) is 0 Å². The summed E-state index contributed by atoms with van der Waals surface area (Å²) >= 11 is 0.927. The molecule has 17 heavy (non-hydrogen) atoms. The first-order chi connectivity index (χ1) is 7.93. The Hall–Kier alpha value is -1.69. The first kappa shape index (κ1) is 13.4. The second-order valence-electron chi connectivity index (χ2n) is 3.47. The van der Waals surface area contributed by atoms with Crippen molar-refractivity contribution in [1.29, 1.82) is 0 Å². The van der Waals surface area contributed by atoms with Gasteiger partial charge in [0.2, 0.25) is 0 Å². The van der Waals surface area contributed by atoms with E-state index in [0.717, 1.165) is 11.8 Å². The lowest BCUT2D eigenvalue weighted by atomic mass is 10.2. The molecule has 1 aromatic carbocycles. The topological polar surface area (TPSA) is 66.8 Å². The summed E-state index contributed by atoms with van der Waals surface area (Å²) in [6, 6.07) is 4.20. The fourth-order valence-electron chi connectivity index (χ4n) is 1.07. The molecule has 0 saturated heterocycles. The maximum atomic E-state index is 11.5. The predicted octanol–water partition coefficient (Wildman–Crippen LogP) is 1.95. The van der Waals surface area contributed by atoms with Crippen LogP contribution in [0.2, 0.25) is 0 Å². The van der Waals surface area contributed by atoms with Gasteiger partial charge in [-0.1, -0.05) is 0 Å². The number of ether oxygens (including phenoxy) is 1. The number of amides is 1. The lowest BCUT2D eigenvalue weighted by Crippen LogP contribution is -2.16. The average molecular weight is 255 g/mol. The Morgan fingerprint density at radius 1 is 1.29 bits per heavy atom. The molecule has 1 amide bonds. The highest BCUT2D eigenvalue weighted by Gasteiger charge is 2.12. The molecule has 0 atom stereocenters. The van der Waals surface area contributed by atoms with Crippen molar-refractivity contribution >= 4 is 23.0 Å². The summed E-state index contributed by atoms with van der Waals surface area (Å²) in [7, 11) is 4.50. The Morgan fingerprint density at radius 3 is 2.47 bits per heavy atom. The number of phenolic OH excluding ortho intramolecular Hbond substituents is 1. The van der Waals surface area contributed by atoms with Crippen molar-refractivity contribution in [3.8, 4) is 5.75 Å². The number of nitrogens with zero attached hydrogens (tertiary/aromatic N) is 1. The normalized spacial score (nSPS) is 9.82. The first-order valence-electron chi connectivity index (χ1n) is 4.75. The third-order valence-electron chi connectivity index (χ3n) is 1.88. The number of hydrogen-bond acceptors (Lipinski definition) is 5. The van der Waals surface area contributed by atoms with E-state index in [1.165, 1.54) is 30.2 Å². The number of methoxy groups -OCH3 is 1. The Kier molecular flexibility index (Phi) is 4.39. The van der Waals surface area contributed by atoms with Crippen molar-refractivity contribution in [2.45, 2.75) is 4.90 Å². The van der Waals surface area contributed by atoms with Gasteiger partial charge in [-0.2, -0.15) is 0 Å². The number of aromatic hydroxyl groups is 1. The zero-order valence-corrected chi connectivity index (χ0v) is 10.6. The van der Waals surface area contributed by atoms with Gasteiger partial charge in [-0.3, -0.25) is 4.79 Å². The molecule has 0 unspecified atom stereocenters. The van der Waals surface area contributed by atoms with Crippen molar-refractivity contribution in [2.75, 3.05) is 21.2 Å². The van der Waals surface area contributed by atoms with E-state index in [4.69, 9.17) is 0 Å². The minimum Gasteiger partial charge on any atom is -0.508 e. The SMILES string of the molecule is COC(=O)c1cc(O)cc(SC(=O)N(C)C)c1. The highest BCUT2D eigenvalue weighted by atomic mass is 32.2. The molecule has 0 aromatic heterocycles. The van der Waals surface area contributed by atoms with Gasteiger partial charge in [0.15, 0.2) is 0 Å². The highest BCUT2D eigenvalue weighted by Crippen LogP contribution is 2.26. The number of carbonyl (C=O) groups is 2. The Bertz CT molecular complexity index is 445. The molecule has 0 radical (unpaired) electrons. The smallest absolute Gasteiger partial charge is 0.338 e. The molecule has 5 nitrogen and oxygen atoms in total. The van der Waals surface area contributed by atoms with Crippen molar-refractivity contribution in [3.05, 3.63) is 23.8 Å². The van der Waals surface area contributed by atoms with Crippen LogP contribution in [0.15, 0.2) is 23.1 Å². The van der Waals surface area contributed by atoms with Crippen LogP contribution in [-0.2, 0) is 4.74 Å². The van der Waals surface area contributed by atoms with Crippen LogP contribution >= 0.6 is 11.8 Å². The molecule has 1 rings (SSSR count). The number of esters is 1. The summed E-state index contributed by atoms with van der Waals surface area (Å²) < 4.78 is 4.54. The summed E-state index contributed by atoms with van der Waals surface area (Å²) in [6.07, 6.45) is 0. The van der Waals surface area contributed by atoms with E-state index in [9.17, 15) is 14.7 Å². The Labute approximate surface area is 103 Å². The molecule has 0 aliphatic heterocycles. The summed E-state index contributed by atoms with van der Waals surface area (Å²) in [6.45, 7) is 0. The molecule has 0 aliphatic carbocycles. The molecule has 1 N–H and O–H groups in total. The van der Waals surface area contributed by atoms with E-state index < -0.39 is 5.97 Å². The van der Waals surface area contributed by atoms with Gasteiger partial charge < -0.3 is 14.7 Å². The quantitative estimate of drug-likeness (QED) is 0.646. The van der Waals surface area contributed by atoms with E-state index in [0.29, 0.717) is 4.90 Å². The van der Waals surface area contributed by atoms with Gasteiger partial charge >= 0.3 is 5.97 Å². The third kappa shape index (κ3) is 3.67. The molecule has 0 fully saturated rings. The molecule has 1 aromatic rings. The van der Waals surface area contributed by atoms with Crippen molar-refractivity contribution in [3.63, 3.8) is 0 Å². The monoisotopic (exact) mass is 255 g/mol. The Morgan fingerprint density at radius 2 is 1.94 bits per heavy atom. The summed E-state index contributed by atoms with van der Waals surface area (Å²) in [5.41, 5.74) is 0.210. The summed E-state index contributed by atoms with van der Waals surface area (Å²) in [5.74, 6) is -0.637. The summed E-state index contributed by atoms with van der Waals surface area (Å²) in [5, 5.41) is 9.26. The minimum atomic E-state index is -0.556. The van der Waals surface area contributed by atoms with Crippen molar-refractivity contribution < 1.29 is 19.4 Å². The molecule has 0 saturated carbocycles. The number of benzene rings is 1. The van der Waals surface area contributed by atoms with Crippen LogP contribution in [0.4, 0.5) is 4.79 Å². The van der Waals surface area contributed by atoms with Gasteiger partial charge in [0.05, 0.1) is 12.7 Å². The zero-order chi connectivity index (χ0) is 13.0. The van der Waals surface area contributed by atoms with Crippen LogP contribution in [-0.4, -0.2) is 42.4 Å². The van der Waals surface area contributed by atoms with Gasteiger partial charge in [0.1, 0.15) is 5.75 Å². The fraction of sp³-hybridized carbons (Fsp3) is 0.273. The zero-order valence-electron chi connectivity index (χ0n) is 9.76. The molecule has 0 heterocycles. The van der Waals surface area contributed by atoms with E-state index in [1.807, 2.05) is 0 Å². The maximum Gasteiger partial charge on any atom is 0.338 e. The van der Waals surface area contributed by atoms with Crippen LogP contribution in [0.1, 0.15) is 10.4 Å². The highest BCUT2D eigenvalue weighted by molar-refractivity contribution is 8.13. The van der Waals surface area contributed by atoms with Gasteiger partial charge in [0, 0.05) is 19.0 Å². The van der Waals surface area contributed by atoms with Gasteiger partial charge in [-0.05, 0) is 30.0 Å². The van der Waals surface area contributed by atoms with Gasteiger partial charge in [0.25, 0.3) is 5.24 Å². The van der Waals surface area contributed by atoms with E-state index in [2.05, 4.69) is 4.74 Å². The Balaban J connectivity index is 2.97. The predicted molar refractivity (Wildman–Crippen MR) is 64.4 cm³/mol. The van der Waals surface area contributed by atoms with E-state index >= 15 is 0 Å². The van der Waals surface area contributed by atoms with Crippen molar-refractivity contribution in [2.24, 2.45) is 0 Å². The maximum absolute atomic E-state index is 11.5. The third-order valence-corrected chi connectivity index (χ3v) is 2.89. The number of hydrogen-bond donors (Lipinski definition) is 1. The minimum absolute atomic E-state index is 0.0815. The molecule has 0 aliphatic rings. The van der Waals surface area contributed by atoms with Crippen LogP contribution < -0.4 is 0 Å². The number of thioether (sulfide) groups is 1. The number of phenols is 1. The molecular formula is C11H13NO4S. The lowest BCUT2D eigenvalue weighted by molar-refractivity contribution is 0.0600. The second-order valence-corrected chi connectivity index (χ2v) is 4.49. The largest absolute Gasteiger partial charge is 0.508 e. The fourth-order valence-corrected chi connectivity index (χ4v) is 1.82. The van der Waals surface area contributed by atoms with E-state index in [-0.39, 0.29) is 16.6 Å². The van der Waals surface area contributed by atoms with Crippen LogP contribution in [0, 0.1) is 0 Å². The molecular weight excluding hydrogens is 242 g/mol. The van der Waals surface area contributed by atoms with Crippen LogP contribution in [0.25, 0.3) is 0 Å². The van der Waals surface area contributed by atoms with E-state index in [1.54, 1.807) is 14.1 Å². The van der Waals surface area contributed by atoms with Gasteiger partial charge in [-0.25, -0.2) is 4.79 Å². The first-order valence-corrected chi connectivity index (χ1v) is 5.57. The van der Waals surface area contributed by atoms with Crippen molar-refractivity contribution in [1.82, 2.24) is 4.90 Å². The summed E-state index contributed by atoms with van der Waals surface area (Å²) in [4.78, 5) is 24.7. The second kappa shape index (κ2) is 5.58.